The second kappa shape index (κ2) is 7.66. The standard InChI is InChI=1S/C21H22ClNO2/c1-6-18(22)16(9-7-12(2)3)20-13(4)14(5)23-19-10-8-15(21(24)25)11-17(19)20/h6-11H,1-5H3,(H,24,25)/b16-9+,18-6+. The second-order valence-electron chi connectivity index (χ2n) is 6.20. The van der Waals surface area contributed by atoms with Gasteiger partial charge in [0.05, 0.1) is 11.1 Å². The number of aryl methyl sites for hydroxylation is 1. The van der Waals surface area contributed by atoms with Gasteiger partial charge in [-0.15, -0.1) is 0 Å². The molecule has 0 amide bonds. The molecule has 0 spiro atoms. The van der Waals surface area contributed by atoms with Crippen molar-refractivity contribution in [2.24, 2.45) is 0 Å². The third kappa shape index (κ3) is 3.99. The highest BCUT2D eigenvalue weighted by Crippen LogP contribution is 2.35. The Morgan fingerprint density at radius 2 is 1.88 bits per heavy atom. The molecule has 2 aromatic rings. The lowest BCUT2D eigenvalue weighted by molar-refractivity contribution is 0.0697. The summed E-state index contributed by atoms with van der Waals surface area (Å²) in [7, 11) is 0. The van der Waals surface area contributed by atoms with E-state index in [1.165, 1.54) is 0 Å². The van der Waals surface area contributed by atoms with Gasteiger partial charge in [-0.1, -0.05) is 35.4 Å². The minimum Gasteiger partial charge on any atom is -0.478 e. The lowest BCUT2D eigenvalue weighted by Crippen LogP contribution is -2.01. The Balaban J connectivity index is 2.95. The van der Waals surface area contributed by atoms with Gasteiger partial charge in [0.2, 0.25) is 0 Å². The summed E-state index contributed by atoms with van der Waals surface area (Å²) in [5.41, 5.74) is 5.81. The van der Waals surface area contributed by atoms with Gasteiger partial charge in [0.15, 0.2) is 0 Å². The molecule has 0 aliphatic heterocycles. The zero-order valence-corrected chi connectivity index (χ0v) is 15.9. The number of halogens is 1. The fourth-order valence-corrected chi connectivity index (χ4v) is 2.81. The Morgan fingerprint density at radius 1 is 1.20 bits per heavy atom. The Bertz CT molecular complexity index is 933. The molecule has 3 nitrogen and oxygen atoms in total. The molecule has 2 rings (SSSR count). The van der Waals surface area contributed by atoms with Crippen LogP contribution in [0.2, 0.25) is 0 Å². The molecule has 0 aliphatic carbocycles. The van der Waals surface area contributed by atoms with Crippen molar-refractivity contribution in [2.75, 3.05) is 0 Å². The highest BCUT2D eigenvalue weighted by atomic mass is 35.5. The summed E-state index contributed by atoms with van der Waals surface area (Å²) in [6, 6.07) is 4.99. The molecule has 0 fully saturated rings. The second-order valence-corrected chi connectivity index (χ2v) is 6.60. The molecule has 1 aromatic heterocycles. The van der Waals surface area contributed by atoms with E-state index in [-0.39, 0.29) is 5.56 Å². The number of carboxylic acids is 1. The van der Waals surface area contributed by atoms with Gasteiger partial charge in [-0.3, -0.25) is 4.98 Å². The van der Waals surface area contributed by atoms with Crippen molar-refractivity contribution in [1.29, 1.82) is 0 Å². The van der Waals surface area contributed by atoms with Gasteiger partial charge in [-0.2, -0.15) is 0 Å². The first-order valence-corrected chi connectivity index (χ1v) is 8.46. The number of hydrogen-bond acceptors (Lipinski definition) is 2. The van der Waals surface area contributed by atoms with Crippen molar-refractivity contribution < 1.29 is 9.90 Å². The first-order valence-electron chi connectivity index (χ1n) is 8.08. The van der Waals surface area contributed by atoms with Gasteiger partial charge < -0.3 is 5.11 Å². The Hall–Kier alpha value is -2.39. The van der Waals surface area contributed by atoms with Gasteiger partial charge >= 0.3 is 5.97 Å². The van der Waals surface area contributed by atoms with Crippen LogP contribution >= 0.6 is 11.6 Å². The average Bonchev–Trinajstić information content (AvgIpc) is 2.56. The SMILES string of the molecule is C/C=C(Cl)\C(=C/C=C(C)C)c1c(C)c(C)nc2ccc(C(=O)O)cc12. The summed E-state index contributed by atoms with van der Waals surface area (Å²) in [6.07, 6.45) is 5.82. The molecule has 0 atom stereocenters. The minimum absolute atomic E-state index is 0.233. The largest absolute Gasteiger partial charge is 0.478 e. The van der Waals surface area contributed by atoms with E-state index in [1.807, 2.05) is 52.8 Å². The number of rotatable bonds is 4. The fourth-order valence-electron chi connectivity index (χ4n) is 2.65. The van der Waals surface area contributed by atoms with Crippen molar-refractivity contribution in [3.63, 3.8) is 0 Å². The van der Waals surface area contributed by atoms with E-state index in [2.05, 4.69) is 4.98 Å². The maximum Gasteiger partial charge on any atom is 0.335 e. The molecule has 0 unspecified atom stereocenters. The summed E-state index contributed by atoms with van der Waals surface area (Å²) < 4.78 is 0. The summed E-state index contributed by atoms with van der Waals surface area (Å²) in [6.45, 7) is 9.85. The summed E-state index contributed by atoms with van der Waals surface area (Å²) in [4.78, 5) is 16.0. The van der Waals surface area contributed by atoms with Crippen LogP contribution in [0.5, 0.6) is 0 Å². The molecule has 130 valence electrons. The first-order chi connectivity index (χ1) is 11.8. The molecular weight excluding hydrogens is 334 g/mol. The van der Waals surface area contributed by atoms with Crippen LogP contribution < -0.4 is 0 Å². The molecule has 4 heteroatoms. The number of hydrogen-bond donors (Lipinski definition) is 1. The monoisotopic (exact) mass is 355 g/mol. The molecule has 0 saturated carbocycles. The summed E-state index contributed by atoms with van der Waals surface area (Å²) in [5.74, 6) is -0.960. The molecule has 0 radical (unpaired) electrons. The highest BCUT2D eigenvalue weighted by Gasteiger charge is 2.17. The number of benzene rings is 1. The van der Waals surface area contributed by atoms with Gasteiger partial charge in [-0.25, -0.2) is 4.79 Å². The smallest absolute Gasteiger partial charge is 0.335 e. The van der Waals surface area contributed by atoms with E-state index in [1.54, 1.807) is 18.2 Å². The minimum atomic E-state index is -0.960. The highest BCUT2D eigenvalue weighted by molar-refractivity contribution is 6.37. The van der Waals surface area contributed by atoms with Gasteiger partial charge in [0.1, 0.15) is 0 Å². The predicted molar refractivity (Wildman–Crippen MR) is 105 cm³/mol. The van der Waals surface area contributed by atoms with Crippen molar-refractivity contribution in [3.05, 3.63) is 69.4 Å². The number of nitrogens with zero attached hydrogens (tertiary/aromatic N) is 1. The van der Waals surface area contributed by atoms with E-state index in [4.69, 9.17) is 11.6 Å². The molecular formula is C21H22ClNO2. The fraction of sp³-hybridized carbons (Fsp3) is 0.238. The summed E-state index contributed by atoms with van der Waals surface area (Å²) in [5, 5.41) is 10.8. The van der Waals surface area contributed by atoms with Crippen LogP contribution in [0.3, 0.4) is 0 Å². The van der Waals surface area contributed by atoms with Crippen molar-refractivity contribution in [3.8, 4) is 0 Å². The third-order valence-corrected chi connectivity index (χ3v) is 4.50. The van der Waals surface area contributed by atoms with Gasteiger partial charge in [0, 0.05) is 21.7 Å². The molecule has 25 heavy (non-hydrogen) atoms. The quantitative estimate of drug-likeness (QED) is 0.680. The number of pyridine rings is 1. The Morgan fingerprint density at radius 3 is 2.44 bits per heavy atom. The van der Waals surface area contributed by atoms with E-state index in [9.17, 15) is 9.90 Å². The topological polar surface area (TPSA) is 50.2 Å². The van der Waals surface area contributed by atoms with Crippen LogP contribution in [0.4, 0.5) is 0 Å². The molecule has 1 heterocycles. The zero-order chi connectivity index (χ0) is 18.7. The third-order valence-electron chi connectivity index (χ3n) is 4.08. The summed E-state index contributed by atoms with van der Waals surface area (Å²) >= 11 is 6.50. The van der Waals surface area contributed by atoms with Gasteiger partial charge in [0.25, 0.3) is 0 Å². The van der Waals surface area contributed by atoms with E-state index in [0.29, 0.717) is 5.03 Å². The van der Waals surface area contributed by atoms with Crippen molar-refractivity contribution >= 4 is 34.0 Å². The number of fused-ring (bicyclic) bond motifs is 1. The number of carboxylic acid groups (broad SMARTS) is 1. The first kappa shape index (κ1) is 18.9. The van der Waals surface area contributed by atoms with Gasteiger partial charge in [-0.05, 0) is 63.9 Å². The van der Waals surface area contributed by atoms with Crippen molar-refractivity contribution in [2.45, 2.75) is 34.6 Å². The maximum absolute atomic E-state index is 11.4. The molecule has 0 aliphatic rings. The molecule has 0 saturated heterocycles. The maximum atomic E-state index is 11.4. The number of allylic oxidation sites excluding steroid dienone is 6. The van der Waals surface area contributed by atoms with Crippen LogP contribution in [-0.2, 0) is 0 Å². The van der Waals surface area contributed by atoms with Crippen LogP contribution in [-0.4, -0.2) is 16.1 Å². The van der Waals surface area contributed by atoms with E-state index < -0.39 is 5.97 Å². The number of aromatic nitrogens is 1. The lowest BCUT2D eigenvalue weighted by Gasteiger charge is -2.16. The van der Waals surface area contributed by atoms with Crippen LogP contribution in [0.1, 0.15) is 48.0 Å². The van der Waals surface area contributed by atoms with E-state index >= 15 is 0 Å². The lowest BCUT2D eigenvalue weighted by atomic mass is 9.93. The molecule has 1 N–H and O–H groups in total. The Kier molecular flexibility index (Phi) is 5.81. The van der Waals surface area contributed by atoms with Crippen molar-refractivity contribution in [1.82, 2.24) is 4.98 Å². The van der Waals surface area contributed by atoms with Crippen LogP contribution in [0.15, 0.2) is 47.0 Å². The van der Waals surface area contributed by atoms with Crippen LogP contribution in [0, 0.1) is 13.8 Å². The predicted octanol–water partition coefficient (Wildman–Crippen LogP) is 6.04. The van der Waals surface area contributed by atoms with Crippen LogP contribution in [0.25, 0.3) is 16.5 Å². The molecule has 0 bridgehead atoms. The zero-order valence-electron chi connectivity index (χ0n) is 15.1. The average molecular weight is 356 g/mol. The van der Waals surface area contributed by atoms with E-state index in [0.717, 1.165) is 38.9 Å². The Labute approximate surface area is 153 Å². The number of carbonyl (C=O) groups is 1. The number of aromatic carboxylic acids is 1. The molecule has 1 aromatic carbocycles. The normalized spacial score (nSPS) is 12.4.